The summed E-state index contributed by atoms with van der Waals surface area (Å²) in [6.07, 6.45) is 12.1. The maximum Gasteiger partial charge on any atom is 0.249 e. The Morgan fingerprint density at radius 3 is 2.13 bits per heavy atom. The van der Waals surface area contributed by atoms with E-state index < -0.39 is 6.04 Å². The van der Waals surface area contributed by atoms with Crippen LogP contribution in [0.5, 0.6) is 0 Å². The van der Waals surface area contributed by atoms with Gasteiger partial charge in [0.05, 0.1) is 12.1 Å². The molecule has 0 aromatic carbocycles. The van der Waals surface area contributed by atoms with Gasteiger partial charge in [0, 0.05) is 31.2 Å². The van der Waals surface area contributed by atoms with Gasteiger partial charge in [-0.3, -0.25) is 19.3 Å². The van der Waals surface area contributed by atoms with Crippen LogP contribution < -0.4 is 5.32 Å². The second-order valence-corrected chi connectivity index (χ2v) is 13.4. The van der Waals surface area contributed by atoms with Gasteiger partial charge in [-0.05, 0) is 83.6 Å². The highest BCUT2D eigenvalue weighted by Crippen LogP contribution is 2.36. The van der Waals surface area contributed by atoms with E-state index in [9.17, 15) is 14.4 Å². The van der Waals surface area contributed by atoms with E-state index in [1.807, 2.05) is 33.9 Å². The molecule has 0 radical (unpaired) electrons. The zero-order valence-corrected chi connectivity index (χ0v) is 26.0. The van der Waals surface area contributed by atoms with Gasteiger partial charge >= 0.3 is 0 Å². The summed E-state index contributed by atoms with van der Waals surface area (Å²) in [5, 5.41) is 3.14. The summed E-state index contributed by atoms with van der Waals surface area (Å²) in [4.78, 5) is 47.1. The van der Waals surface area contributed by atoms with E-state index in [0.29, 0.717) is 12.0 Å². The molecule has 1 N–H and O–H groups in total. The summed E-state index contributed by atoms with van der Waals surface area (Å²) >= 11 is 0. The van der Waals surface area contributed by atoms with Crippen LogP contribution in [0.1, 0.15) is 106 Å². The van der Waals surface area contributed by atoms with Gasteiger partial charge in [-0.15, -0.1) is 0 Å². The number of hydrogen-bond donors (Lipinski definition) is 1. The van der Waals surface area contributed by atoms with Crippen LogP contribution in [-0.2, 0) is 14.4 Å². The zero-order chi connectivity index (χ0) is 28.9. The Hall–Kier alpha value is -1.89. The Morgan fingerprint density at radius 1 is 0.846 bits per heavy atom. The number of likely N-dealkylation sites (N-methyl/N-ethyl adjacent to an activating group) is 1. The first-order valence-corrected chi connectivity index (χ1v) is 15.8. The number of hydrogen-bond acceptors (Lipinski definition) is 4. The van der Waals surface area contributed by atoms with Crippen LogP contribution in [0.4, 0.5) is 0 Å². The maximum atomic E-state index is 13.9. The lowest BCUT2D eigenvalue weighted by atomic mass is 9.78. The maximum absolute atomic E-state index is 13.9. The largest absolute Gasteiger partial charge is 0.343 e. The average Bonchev–Trinajstić information content (AvgIpc) is 2.92. The quantitative estimate of drug-likeness (QED) is 0.415. The summed E-state index contributed by atoms with van der Waals surface area (Å²) in [5.41, 5.74) is 0.722. The van der Waals surface area contributed by atoms with E-state index >= 15 is 0 Å². The first-order chi connectivity index (χ1) is 18.4. The molecule has 3 fully saturated rings. The van der Waals surface area contributed by atoms with Gasteiger partial charge < -0.3 is 15.1 Å². The first kappa shape index (κ1) is 31.6. The summed E-state index contributed by atoms with van der Waals surface area (Å²) < 4.78 is 0. The summed E-state index contributed by atoms with van der Waals surface area (Å²) in [7, 11) is 1.82. The van der Waals surface area contributed by atoms with Crippen molar-refractivity contribution in [2.45, 2.75) is 136 Å². The topological polar surface area (TPSA) is 73.0 Å². The summed E-state index contributed by atoms with van der Waals surface area (Å²) in [6.45, 7) is 16.1. The molecule has 1 aliphatic carbocycles. The van der Waals surface area contributed by atoms with Crippen molar-refractivity contribution in [2.24, 2.45) is 17.8 Å². The van der Waals surface area contributed by atoms with Crippen molar-refractivity contribution in [1.82, 2.24) is 20.0 Å². The van der Waals surface area contributed by atoms with E-state index in [4.69, 9.17) is 0 Å². The van der Waals surface area contributed by atoms with Crippen molar-refractivity contribution in [3.05, 3.63) is 11.6 Å². The molecule has 3 aliphatic rings. The molecule has 5 atom stereocenters. The molecule has 0 aromatic rings. The van der Waals surface area contributed by atoms with Crippen LogP contribution in [0.25, 0.3) is 0 Å². The Balaban J connectivity index is 1.74. The molecule has 0 spiro atoms. The molecule has 2 heterocycles. The Morgan fingerprint density at radius 2 is 1.49 bits per heavy atom. The van der Waals surface area contributed by atoms with Gasteiger partial charge in [-0.1, -0.05) is 53.0 Å². The van der Waals surface area contributed by atoms with E-state index in [2.05, 4.69) is 42.8 Å². The van der Waals surface area contributed by atoms with Crippen LogP contribution in [0, 0.1) is 17.8 Å². The van der Waals surface area contributed by atoms with E-state index in [1.165, 1.54) is 25.7 Å². The van der Waals surface area contributed by atoms with Crippen LogP contribution in [-0.4, -0.2) is 82.8 Å². The zero-order valence-electron chi connectivity index (χ0n) is 26.0. The fourth-order valence-electron chi connectivity index (χ4n) is 7.17. The number of nitrogens with one attached hydrogen (secondary N) is 1. The fraction of sp³-hybridized carbons (Fsp3) is 0.844. The fourth-order valence-corrected chi connectivity index (χ4v) is 7.17. The molecule has 222 valence electrons. The predicted octanol–water partition coefficient (Wildman–Crippen LogP) is 5.00. The minimum Gasteiger partial charge on any atom is -0.343 e. The SMILES string of the molecule is C/C(=C\C(C(C)C)N(C)C(=O)C(NC(=O)C1CCCCN1C(C)C)C(C)C)C(=O)N1CCCC2CCCCC21. The Kier molecular flexibility index (Phi) is 11.5. The highest BCUT2D eigenvalue weighted by Gasteiger charge is 2.38. The second kappa shape index (κ2) is 14.1. The minimum atomic E-state index is -0.603. The third-order valence-electron chi connectivity index (χ3n) is 9.48. The van der Waals surface area contributed by atoms with Gasteiger partial charge in [0.25, 0.3) is 0 Å². The second-order valence-electron chi connectivity index (χ2n) is 13.4. The molecule has 7 nitrogen and oxygen atoms in total. The lowest BCUT2D eigenvalue weighted by Gasteiger charge is -2.44. The molecule has 3 rings (SSSR count). The normalized spacial score (nSPS) is 26.4. The predicted molar refractivity (Wildman–Crippen MR) is 158 cm³/mol. The minimum absolute atomic E-state index is 0.0426. The van der Waals surface area contributed by atoms with Crippen molar-refractivity contribution in [1.29, 1.82) is 0 Å². The number of nitrogens with zero attached hydrogens (tertiary/aromatic N) is 3. The molecular weight excluding hydrogens is 488 g/mol. The molecule has 39 heavy (non-hydrogen) atoms. The molecule has 2 aliphatic heterocycles. The van der Waals surface area contributed by atoms with Crippen LogP contribution in [0.15, 0.2) is 11.6 Å². The van der Waals surface area contributed by atoms with Crippen molar-refractivity contribution in [3.8, 4) is 0 Å². The van der Waals surface area contributed by atoms with Gasteiger partial charge in [0.1, 0.15) is 6.04 Å². The van der Waals surface area contributed by atoms with Gasteiger partial charge in [-0.2, -0.15) is 0 Å². The van der Waals surface area contributed by atoms with E-state index in [1.54, 1.807) is 4.90 Å². The average molecular weight is 545 g/mol. The Bertz CT molecular complexity index is 881. The highest BCUT2D eigenvalue weighted by molar-refractivity contribution is 5.94. The molecule has 2 saturated heterocycles. The first-order valence-electron chi connectivity index (χ1n) is 15.8. The highest BCUT2D eigenvalue weighted by atomic mass is 16.2. The van der Waals surface area contributed by atoms with Gasteiger partial charge in [-0.25, -0.2) is 0 Å². The Labute approximate surface area is 238 Å². The van der Waals surface area contributed by atoms with Crippen LogP contribution in [0.2, 0.25) is 0 Å². The van der Waals surface area contributed by atoms with Gasteiger partial charge in [0.15, 0.2) is 0 Å². The summed E-state index contributed by atoms with van der Waals surface area (Å²) in [6, 6.07) is -0.364. The van der Waals surface area contributed by atoms with Crippen LogP contribution >= 0.6 is 0 Å². The lowest BCUT2D eigenvalue weighted by Crippen LogP contribution is -2.58. The van der Waals surface area contributed by atoms with Crippen molar-refractivity contribution < 1.29 is 14.4 Å². The molecule has 5 unspecified atom stereocenters. The lowest BCUT2D eigenvalue weighted by molar-refractivity contribution is -0.140. The van der Waals surface area contributed by atoms with E-state index in [0.717, 1.165) is 50.8 Å². The third-order valence-corrected chi connectivity index (χ3v) is 9.48. The molecule has 0 aromatic heterocycles. The number of carbonyl (C=O) groups is 3. The number of amides is 3. The number of rotatable bonds is 9. The van der Waals surface area contributed by atoms with Gasteiger partial charge in [0.2, 0.25) is 17.7 Å². The monoisotopic (exact) mass is 544 g/mol. The molecule has 1 saturated carbocycles. The number of piperidine rings is 2. The van der Waals surface area contributed by atoms with Crippen molar-refractivity contribution >= 4 is 17.7 Å². The molecular formula is C32H56N4O3. The number of likely N-dealkylation sites (tertiary alicyclic amines) is 2. The molecule has 3 amide bonds. The number of fused-ring (bicyclic) bond motifs is 1. The number of carbonyl (C=O) groups excluding carboxylic acids is 3. The van der Waals surface area contributed by atoms with Crippen molar-refractivity contribution in [3.63, 3.8) is 0 Å². The van der Waals surface area contributed by atoms with E-state index in [-0.39, 0.29) is 47.7 Å². The van der Waals surface area contributed by atoms with Crippen molar-refractivity contribution in [2.75, 3.05) is 20.1 Å². The summed E-state index contributed by atoms with van der Waals surface area (Å²) in [5.74, 6) is 0.711. The van der Waals surface area contributed by atoms with Crippen LogP contribution in [0.3, 0.4) is 0 Å². The molecule has 0 bridgehead atoms. The molecule has 7 heteroatoms. The standard InChI is InChI=1S/C32H56N4O3/c1-21(2)28(20-24(7)31(38)36-19-13-15-25-14-9-10-16-26(25)36)34(8)32(39)29(22(3)4)33-30(37)27-17-11-12-18-35(27)23(5)6/h20-23,25-29H,9-19H2,1-8H3,(H,33,37)/b24-20+. The smallest absolute Gasteiger partial charge is 0.249 e. The third kappa shape index (κ3) is 7.65.